The zero-order chi connectivity index (χ0) is 52.6. The molecule has 0 aromatic heterocycles. The molecule has 1 fully saturated rings. The van der Waals surface area contributed by atoms with Gasteiger partial charge < -0.3 is 47.6 Å². The van der Waals surface area contributed by atoms with E-state index in [1.807, 2.05) is 61.5 Å². The van der Waals surface area contributed by atoms with Crippen molar-refractivity contribution < 1.29 is 55.1 Å². The molecule has 10 N–H and O–H groups in total. The Morgan fingerprint density at radius 2 is 1.32 bits per heavy atom. The van der Waals surface area contributed by atoms with E-state index in [1.165, 1.54) is 5.56 Å². The van der Waals surface area contributed by atoms with E-state index in [4.69, 9.17) is 6.52 Å². The highest BCUT2D eigenvalue weighted by atomic mass is 16.4. The summed E-state index contributed by atoms with van der Waals surface area (Å²) in [4.78, 5) is 100. The number of carboxylic acid groups (broad SMARTS) is 3. The molecule has 17 heteroatoms. The summed E-state index contributed by atoms with van der Waals surface area (Å²) in [5.74, 6) is -4.87. The van der Waals surface area contributed by atoms with E-state index in [-0.39, 0.29) is 79.9 Å². The molecule has 1 saturated carbocycles. The smallest absolute Gasteiger partial charge is 0.326 e. The molecular formula is C54H76N6O11. The molecule has 0 aliphatic heterocycles. The minimum absolute atomic E-state index is 0.00109. The fraction of sp³-hybridized carbons (Fsp3) is 0.556. The van der Waals surface area contributed by atoms with E-state index in [0.717, 1.165) is 47.6 Å². The van der Waals surface area contributed by atoms with Crippen molar-refractivity contribution in [1.82, 2.24) is 26.6 Å². The van der Waals surface area contributed by atoms with Gasteiger partial charge in [0.25, 0.3) is 0 Å². The van der Waals surface area contributed by atoms with Gasteiger partial charge in [0, 0.05) is 43.7 Å². The number of nitrogens with one attached hydrogen (secondary N) is 5. The Morgan fingerprint density at radius 1 is 0.690 bits per heavy atom. The number of nitrogens with two attached hydrogens (primary N) is 1. The number of hydrogen-bond donors (Lipinski definition) is 9. The second kappa shape index (κ2) is 29.9. The van der Waals surface area contributed by atoms with Gasteiger partial charge in [-0.3, -0.25) is 24.0 Å². The van der Waals surface area contributed by atoms with Crippen LogP contribution in [0.3, 0.4) is 0 Å². The Labute approximate surface area is 418 Å². The number of fused-ring (bicyclic) bond motifs is 1. The third kappa shape index (κ3) is 20.6. The van der Waals surface area contributed by atoms with Crippen LogP contribution in [0.1, 0.15) is 127 Å². The molecule has 1 aliphatic rings. The third-order valence-electron chi connectivity index (χ3n) is 13.4. The Bertz CT molecular complexity index is 2270. The minimum atomic E-state index is -1.53. The van der Waals surface area contributed by atoms with E-state index in [1.54, 1.807) is 0 Å². The Balaban J connectivity index is 1.19. The maximum absolute atomic E-state index is 13.9. The van der Waals surface area contributed by atoms with Crippen molar-refractivity contribution >= 4 is 58.1 Å². The number of Topliss-reactive ketones (excluding diaryl/α,β-unsaturated/α-hetero) is 2. The number of benzene rings is 3. The SMILES string of the molecule is [2H]NC(CCCCNCC(=O)C(C)c1ccc(CC(C)C)cc1)C(=O)NCC1CCC(C(=O)CC(Cc2ccc3ccccc3c2)C(=O)NCCCCC(NC(=O)NC(CCC(=O)O)C(=O)O)C(=O)O)CC1. The lowest BCUT2D eigenvalue weighted by Crippen LogP contribution is -2.51. The zero-order valence-corrected chi connectivity index (χ0v) is 41.5. The molecule has 0 spiro atoms. The number of carbonyl (C=O) groups is 8. The number of carboxylic acids is 3. The van der Waals surface area contributed by atoms with E-state index < -0.39 is 54.4 Å². The van der Waals surface area contributed by atoms with Crippen molar-refractivity contribution in [1.29, 1.82) is 0 Å². The predicted octanol–water partition coefficient (Wildman–Crippen LogP) is 5.90. The molecular weight excluding hydrogens is 909 g/mol. The van der Waals surface area contributed by atoms with Crippen LogP contribution in [0.4, 0.5) is 4.79 Å². The van der Waals surface area contributed by atoms with Gasteiger partial charge in [-0.05, 0) is 123 Å². The van der Waals surface area contributed by atoms with Gasteiger partial charge in [-0.15, -0.1) is 0 Å². The second-order valence-corrected chi connectivity index (χ2v) is 19.6. The Morgan fingerprint density at radius 3 is 1.97 bits per heavy atom. The number of hydrogen-bond acceptors (Lipinski definition) is 10. The highest BCUT2D eigenvalue weighted by molar-refractivity contribution is 5.89. The molecule has 3 aromatic carbocycles. The average molecular weight is 986 g/mol. The lowest BCUT2D eigenvalue weighted by Gasteiger charge is -2.29. The maximum Gasteiger partial charge on any atom is 0.326 e. The number of carbonyl (C=O) groups excluding carboxylic acids is 5. The van der Waals surface area contributed by atoms with Crippen LogP contribution in [0.5, 0.6) is 0 Å². The first kappa shape index (κ1) is 55.7. The molecule has 3 aromatic rings. The maximum atomic E-state index is 13.9. The third-order valence-corrected chi connectivity index (χ3v) is 13.4. The van der Waals surface area contributed by atoms with Crippen LogP contribution in [0.15, 0.2) is 66.7 Å². The Kier molecular flexibility index (Phi) is 23.4. The van der Waals surface area contributed by atoms with Crippen LogP contribution in [0, 0.1) is 23.7 Å². The van der Waals surface area contributed by atoms with E-state index in [2.05, 4.69) is 58.3 Å². The van der Waals surface area contributed by atoms with Gasteiger partial charge in [-0.1, -0.05) is 93.9 Å². The molecule has 71 heavy (non-hydrogen) atoms. The molecule has 0 bridgehead atoms. The predicted molar refractivity (Wildman–Crippen MR) is 271 cm³/mol. The molecule has 5 atom stereocenters. The van der Waals surface area contributed by atoms with E-state index >= 15 is 0 Å². The van der Waals surface area contributed by atoms with Gasteiger partial charge in [-0.25, -0.2) is 14.4 Å². The number of amides is 4. The minimum Gasteiger partial charge on any atom is -0.481 e. The number of ketones is 2. The van der Waals surface area contributed by atoms with Crippen LogP contribution in [-0.4, -0.2) is 107 Å². The number of aliphatic carboxylic acids is 3. The number of urea groups is 1. The first-order valence-corrected chi connectivity index (χ1v) is 25.2. The zero-order valence-electron chi connectivity index (χ0n) is 42.5. The number of unbranched alkanes of at least 4 members (excludes halogenated alkanes) is 2. The van der Waals surface area contributed by atoms with Crippen LogP contribution < -0.4 is 32.3 Å². The normalized spacial score (nSPS) is 16.9. The monoisotopic (exact) mass is 986 g/mol. The summed E-state index contributed by atoms with van der Waals surface area (Å²) in [5.41, 5.74) is 5.56. The summed E-state index contributed by atoms with van der Waals surface area (Å²) in [7, 11) is 0. The van der Waals surface area contributed by atoms with Crippen molar-refractivity contribution in [2.45, 2.75) is 141 Å². The highest BCUT2D eigenvalue weighted by Gasteiger charge is 2.31. The van der Waals surface area contributed by atoms with Crippen LogP contribution >= 0.6 is 0 Å². The quantitative estimate of drug-likeness (QED) is 0.0322. The second-order valence-electron chi connectivity index (χ2n) is 19.6. The number of rotatable bonds is 33. The lowest BCUT2D eigenvalue weighted by molar-refractivity contribution is -0.141. The van der Waals surface area contributed by atoms with Crippen molar-refractivity contribution in [3.05, 3.63) is 83.4 Å². The van der Waals surface area contributed by atoms with Crippen molar-refractivity contribution in [2.24, 2.45) is 29.4 Å². The molecule has 0 radical (unpaired) electrons. The van der Waals surface area contributed by atoms with E-state index in [9.17, 15) is 48.6 Å². The molecule has 388 valence electrons. The molecule has 1 aliphatic carbocycles. The van der Waals surface area contributed by atoms with Gasteiger partial charge in [0.1, 0.15) is 19.3 Å². The average Bonchev–Trinajstić information content (AvgIpc) is 3.35. The lowest BCUT2D eigenvalue weighted by atomic mass is 9.77. The molecule has 5 unspecified atom stereocenters. The molecule has 0 saturated heterocycles. The summed E-state index contributed by atoms with van der Waals surface area (Å²) in [6.45, 7) is 7.79. The van der Waals surface area contributed by atoms with Crippen molar-refractivity contribution in [3.63, 3.8) is 0 Å². The summed E-state index contributed by atoms with van der Waals surface area (Å²) < 4.78 is 7.78. The summed E-state index contributed by atoms with van der Waals surface area (Å²) in [6, 6.07) is 17.4. The topological polar surface area (TPSA) is 283 Å². The summed E-state index contributed by atoms with van der Waals surface area (Å²) >= 11 is 0. The van der Waals surface area contributed by atoms with Gasteiger partial charge in [-0.2, -0.15) is 0 Å². The van der Waals surface area contributed by atoms with Crippen LogP contribution in [0.25, 0.3) is 10.8 Å². The standard InChI is InChI=1S/C54H76N6O11/c1-34(2)28-36-14-19-39(20-15-36)35(3)48(62)33-56-26-8-6-12-44(55)51(66)58-32-37-16-22-41(23-17-37)47(61)31-43(30-38-18-21-40-10-4-5-11-42(40)29-38)50(65)57-27-9-7-13-45(52(67)68)59-54(71)60-46(53(69)70)24-25-49(63)64/h4-5,10-11,14-15,18-21,29,34-35,37,41,43-46,56H,6-9,12-13,16-17,22-28,30-33,55H2,1-3H3,(H,57,65)(H,58,66)(H,63,64)(H,67,68)(H,69,70)(H2,59,60,71)/i/hD. The summed E-state index contributed by atoms with van der Waals surface area (Å²) in [5, 5.41) is 43.4. The fourth-order valence-electron chi connectivity index (χ4n) is 9.04. The van der Waals surface area contributed by atoms with Crippen molar-refractivity contribution in [3.8, 4) is 0 Å². The van der Waals surface area contributed by atoms with Crippen molar-refractivity contribution in [2.75, 3.05) is 26.2 Å². The largest absolute Gasteiger partial charge is 0.481 e. The van der Waals surface area contributed by atoms with Gasteiger partial charge >= 0.3 is 23.9 Å². The van der Waals surface area contributed by atoms with E-state index in [0.29, 0.717) is 57.5 Å². The van der Waals surface area contributed by atoms with Gasteiger partial charge in [0.15, 0.2) is 5.78 Å². The molecule has 4 amide bonds. The van der Waals surface area contributed by atoms with Crippen LogP contribution in [0.2, 0.25) is 1.41 Å². The highest BCUT2D eigenvalue weighted by Crippen LogP contribution is 2.31. The van der Waals surface area contributed by atoms with Crippen LogP contribution in [-0.2, 0) is 46.4 Å². The first-order valence-electron chi connectivity index (χ1n) is 25.7. The molecule has 17 nitrogen and oxygen atoms in total. The molecule has 0 heterocycles. The molecule has 4 rings (SSSR count). The Hall–Kier alpha value is -6.20. The van der Waals surface area contributed by atoms with Gasteiger partial charge in [0.2, 0.25) is 11.8 Å². The summed E-state index contributed by atoms with van der Waals surface area (Å²) in [6.07, 6.45) is 5.66. The first-order chi connectivity index (χ1) is 34.4. The van der Waals surface area contributed by atoms with Gasteiger partial charge in [0.05, 0.1) is 12.6 Å². The fourth-order valence-corrected chi connectivity index (χ4v) is 9.04.